The van der Waals surface area contributed by atoms with Crippen molar-refractivity contribution in [1.82, 2.24) is 0 Å². The molecule has 0 spiro atoms. The van der Waals surface area contributed by atoms with Gasteiger partial charge in [-0.05, 0) is 0 Å². The van der Waals surface area contributed by atoms with E-state index in [-0.39, 0.29) is 0 Å². The fraction of sp³-hybridized carbons (Fsp3) is 0.667. The molecule has 0 nitrogen and oxygen atoms in total. The van der Waals surface area contributed by atoms with E-state index in [1.54, 1.807) is 22.5 Å². The van der Waals surface area contributed by atoms with Gasteiger partial charge in [0.05, 0.1) is 0 Å². The molecule has 0 aromatic rings. The van der Waals surface area contributed by atoms with Crippen molar-refractivity contribution in [2.75, 3.05) is 0 Å². The van der Waals surface area contributed by atoms with Crippen molar-refractivity contribution in [1.29, 1.82) is 0 Å². The monoisotopic (exact) mass is 205 g/mol. The fourth-order valence-corrected chi connectivity index (χ4v) is 1.19. The van der Waals surface area contributed by atoms with Crippen molar-refractivity contribution >= 4 is 22.5 Å². The molecule has 0 amide bonds. The number of hydrogen-bond acceptors (Lipinski definition) is 0. The first kappa shape index (κ1) is 10.5. The normalized spacial score (nSPS) is 6.57. The molecule has 7 heavy (non-hydrogen) atoms. The third-order valence-electron chi connectivity index (χ3n) is 0.530. The summed E-state index contributed by atoms with van der Waals surface area (Å²) >= 11 is 1.68. The van der Waals surface area contributed by atoms with Gasteiger partial charge in [-0.25, -0.2) is 0 Å². The van der Waals surface area contributed by atoms with Gasteiger partial charge in [-0.2, -0.15) is 0 Å². The van der Waals surface area contributed by atoms with Crippen LogP contribution in [0.3, 0.4) is 0 Å². The summed E-state index contributed by atoms with van der Waals surface area (Å²) in [4.78, 5) is 0. The molecule has 0 unspecified atom stereocenters. The topological polar surface area (TPSA) is 0 Å². The number of rotatable bonds is 2. The zero-order chi connectivity index (χ0) is 6.12. The molecule has 41 valence electrons. The molecular weight excluding hydrogens is 191 g/mol. The molecule has 3 radical (unpaired) electrons. The second-order valence-corrected chi connectivity index (χ2v) is 2.53. The van der Waals surface area contributed by atoms with Gasteiger partial charge in [0.2, 0.25) is 0 Å². The molecule has 0 atom stereocenters. The van der Waals surface area contributed by atoms with Crippen molar-refractivity contribution in [3.8, 4) is 0 Å². The van der Waals surface area contributed by atoms with Gasteiger partial charge in [-0.15, -0.1) is 13.2 Å². The van der Waals surface area contributed by atoms with Crippen molar-refractivity contribution in [2.24, 2.45) is 0 Å². The first-order valence-corrected chi connectivity index (χ1v) is 4.58. The summed E-state index contributed by atoms with van der Waals surface area (Å²) < 4.78 is 1.43. The van der Waals surface area contributed by atoms with Crippen molar-refractivity contribution in [3.63, 3.8) is 0 Å². The van der Waals surface area contributed by atoms with Crippen molar-refractivity contribution in [2.45, 2.75) is 24.2 Å². The van der Waals surface area contributed by atoms with E-state index in [0.717, 1.165) is 0 Å². The summed E-state index contributed by atoms with van der Waals surface area (Å²) in [5.74, 6) is 0. The summed E-state index contributed by atoms with van der Waals surface area (Å²) in [6.07, 6.45) is 2.80. The van der Waals surface area contributed by atoms with E-state index in [1.807, 2.05) is 0 Å². The maximum absolute atomic E-state index is 3.00. The summed E-state index contributed by atoms with van der Waals surface area (Å²) in [6, 6.07) is 0. The van der Waals surface area contributed by atoms with Crippen LogP contribution in [0.1, 0.15) is 19.8 Å². The van der Waals surface area contributed by atoms with Crippen LogP contribution in [0.2, 0.25) is 4.44 Å². The Kier molecular flexibility index (Phi) is 24.0. The van der Waals surface area contributed by atoms with E-state index < -0.39 is 0 Å². The van der Waals surface area contributed by atoms with Gasteiger partial charge in [0.15, 0.2) is 0 Å². The van der Waals surface area contributed by atoms with Gasteiger partial charge in [0.25, 0.3) is 0 Å². The Balaban J connectivity index is 0. The zero-order valence-electron chi connectivity index (χ0n) is 5.04. The fourth-order valence-electron chi connectivity index (χ4n) is 0.177. The maximum atomic E-state index is 3.00. The Morgan fingerprint density at radius 1 is 1.43 bits per heavy atom. The molecule has 0 aromatic heterocycles. The molecule has 0 fully saturated rings. The summed E-state index contributed by atoms with van der Waals surface area (Å²) in [5.41, 5.74) is 0. The van der Waals surface area contributed by atoms with E-state index in [2.05, 4.69) is 20.1 Å². The van der Waals surface area contributed by atoms with Gasteiger partial charge < -0.3 is 0 Å². The molecular formula is C6H13Sn. The first-order valence-electron chi connectivity index (χ1n) is 2.56. The van der Waals surface area contributed by atoms with Gasteiger partial charge in [0, 0.05) is 0 Å². The van der Waals surface area contributed by atoms with Crippen LogP contribution < -0.4 is 0 Å². The minimum absolute atomic E-state index is 1.37. The quantitative estimate of drug-likeness (QED) is 0.477. The molecule has 0 rings (SSSR count). The SMILES string of the molecule is C=C.CCC[CH2][Sn]. The van der Waals surface area contributed by atoms with E-state index in [0.29, 0.717) is 0 Å². The standard InChI is InChI=1S/C4H9.C2H4.Sn/c1-3-4-2;1-2;/h1,3-4H2,2H3;1-2H2;. The Labute approximate surface area is 60.1 Å². The second kappa shape index (κ2) is 16.0. The molecule has 0 saturated heterocycles. The molecule has 0 N–H and O–H groups in total. The molecule has 0 saturated carbocycles. The molecule has 0 heterocycles. The van der Waals surface area contributed by atoms with Crippen LogP contribution in [0.4, 0.5) is 0 Å². The Hall–Kier alpha value is 0.539. The average Bonchev–Trinajstić information content (AvgIpc) is 1.75. The van der Waals surface area contributed by atoms with Crippen molar-refractivity contribution < 1.29 is 0 Å². The Morgan fingerprint density at radius 3 is 1.86 bits per heavy atom. The number of hydrogen-bond donors (Lipinski definition) is 0. The second-order valence-electron chi connectivity index (χ2n) is 1.10. The van der Waals surface area contributed by atoms with E-state index in [9.17, 15) is 0 Å². The number of unbranched alkanes of at least 4 members (excludes halogenated alkanes) is 1. The average molecular weight is 204 g/mol. The van der Waals surface area contributed by atoms with Gasteiger partial charge in [-0.3, -0.25) is 0 Å². The van der Waals surface area contributed by atoms with E-state index >= 15 is 0 Å². The zero-order valence-corrected chi connectivity index (χ0v) is 7.89. The van der Waals surface area contributed by atoms with Crippen LogP contribution in [0.5, 0.6) is 0 Å². The molecule has 0 aromatic carbocycles. The van der Waals surface area contributed by atoms with Crippen LogP contribution in [0.25, 0.3) is 0 Å². The van der Waals surface area contributed by atoms with Gasteiger partial charge in [0.1, 0.15) is 0 Å². The van der Waals surface area contributed by atoms with E-state index in [1.165, 1.54) is 17.3 Å². The predicted molar refractivity (Wildman–Crippen MR) is 36.7 cm³/mol. The predicted octanol–water partition coefficient (Wildman–Crippen LogP) is 2.18. The van der Waals surface area contributed by atoms with E-state index in [4.69, 9.17) is 0 Å². The molecule has 1 heteroatoms. The molecule has 0 aliphatic rings. The molecule has 0 aliphatic heterocycles. The van der Waals surface area contributed by atoms with Crippen LogP contribution in [0.15, 0.2) is 13.2 Å². The van der Waals surface area contributed by atoms with Crippen LogP contribution in [0, 0.1) is 0 Å². The summed E-state index contributed by atoms with van der Waals surface area (Å²) in [6.45, 7) is 8.23. The molecule has 0 bridgehead atoms. The van der Waals surface area contributed by atoms with Crippen LogP contribution in [-0.4, -0.2) is 22.5 Å². The Morgan fingerprint density at radius 2 is 1.86 bits per heavy atom. The van der Waals surface area contributed by atoms with Crippen molar-refractivity contribution in [3.05, 3.63) is 13.2 Å². The van der Waals surface area contributed by atoms with Crippen LogP contribution >= 0.6 is 0 Å². The first-order chi connectivity index (χ1) is 3.41. The van der Waals surface area contributed by atoms with Crippen LogP contribution in [-0.2, 0) is 0 Å². The molecule has 0 aliphatic carbocycles. The third-order valence-corrected chi connectivity index (χ3v) is 1.54. The third kappa shape index (κ3) is 20.9. The summed E-state index contributed by atoms with van der Waals surface area (Å²) in [7, 11) is 0. The van der Waals surface area contributed by atoms with Gasteiger partial charge in [-0.1, -0.05) is 0 Å². The van der Waals surface area contributed by atoms with Gasteiger partial charge >= 0.3 is 46.7 Å². The summed E-state index contributed by atoms with van der Waals surface area (Å²) in [5, 5.41) is 0. The Bertz CT molecular complexity index is 18.1. The minimum atomic E-state index is 1.37.